The summed E-state index contributed by atoms with van der Waals surface area (Å²) in [6, 6.07) is 0. The van der Waals surface area contributed by atoms with Crippen molar-refractivity contribution in [3.8, 4) is 0 Å². The van der Waals surface area contributed by atoms with Crippen LogP contribution in [0.15, 0.2) is 0 Å². The van der Waals surface area contributed by atoms with Crippen LogP contribution in [0.25, 0.3) is 0 Å². The lowest BCUT2D eigenvalue weighted by Crippen LogP contribution is -2.13. The van der Waals surface area contributed by atoms with E-state index >= 15 is 0 Å². The van der Waals surface area contributed by atoms with E-state index in [2.05, 4.69) is 12.3 Å². The van der Waals surface area contributed by atoms with Gasteiger partial charge in [0.05, 0.1) is 0 Å². The topological polar surface area (TPSA) is 40.1 Å². The van der Waals surface area contributed by atoms with Crippen LogP contribution in [0.2, 0.25) is 0 Å². The molecule has 0 aliphatic heterocycles. The molecule has 0 aliphatic carbocycles. The van der Waals surface area contributed by atoms with Crippen molar-refractivity contribution in [2.45, 2.75) is 19.8 Å². The van der Waals surface area contributed by atoms with E-state index in [1.165, 1.54) is 6.42 Å². The van der Waals surface area contributed by atoms with Crippen LogP contribution in [0.5, 0.6) is 0 Å². The highest BCUT2D eigenvalue weighted by Gasteiger charge is 1.75. The van der Waals surface area contributed by atoms with Gasteiger partial charge in [0.1, 0.15) is 0 Å². The molecule has 0 amide bonds. The molecule has 0 aromatic rings. The Morgan fingerprint density at radius 2 is 2.33 bits per heavy atom. The van der Waals surface area contributed by atoms with E-state index in [1.54, 1.807) is 0 Å². The minimum absolute atomic E-state index is 0.816. The third kappa shape index (κ3) is 3.92. The summed E-state index contributed by atoms with van der Waals surface area (Å²) in [5, 5.41) is 0. The predicted octanol–water partition coefficient (Wildman–Crippen LogP) is 0.265. The zero-order valence-electron chi connectivity index (χ0n) is 4.15. The lowest BCUT2D eigenvalue weighted by Gasteiger charge is -1.87. The Hall–Kier alpha value is -0.0800. The highest BCUT2D eigenvalue weighted by molar-refractivity contribution is 4.32. The first-order valence-corrected chi connectivity index (χ1v) is 2.28. The molecule has 0 fully saturated rings. The maximum absolute atomic E-state index is 4.84. The second kappa shape index (κ2) is 4.92. The van der Waals surface area contributed by atoms with Gasteiger partial charge in [0.25, 0.3) is 0 Å². The molecule has 0 rings (SSSR count). The van der Waals surface area contributed by atoms with E-state index in [4.69, 9.17) is 5.84 Å². The molecule has 0 heterocycles. The summed E-state index contributed by atoms with van der Waals surface area (Å²) in [6.45, 7) is 2.93. The third-order valence-corrected chi connectivity index (χ3v) is 0.641. The monoisotopic (exact) mass is 87.1 g/mol. The van der Waals surface area contributed by atoms with Crippen molar-refractivity contribution in [2.75, 3.05) is 6.54 Å². The fourth-order valence-electron chi connectivity index (χ4n) is 0.249. The van der Waals surface area contributed by atoms with Crippen molar-refractivity contribution >= 4 is 0 Å². The lowest BCUT2D eigenvalue weighted by atomic mass is 10.3. The Labute approximate surface area is 38.7 Å². The standard InChI is InChI=1S/C4H11N2/c1-2-3-4-6-5/h2-5H2,1H3. The van der Waals surface area contributed by atoms with E-state index < -0.39 is 0 Å². The maximum Gasteiger partial charge on any atom is 0.0301 e. The quantitative estimate of drug-likeness (QED) is 0.299. The Balaban J connectivity index is 2.34. The third-order valence-electron chi connectivity index (χ3n) is 0.641. The zero-order valence-corrected chi connectivity index (χ0v) is 4.15. The van der Waals surface area contributed by atoms with Gasteiger partial charge in [-0.2, -0.15) is 5.43 Å². The van der Waals surface area contributed by atoms with Crippen LogP contribution in [-0.2, 0) is 0 Å². The second-order valence-electron chi connectivity index (χ2n) is 1.26. The Kier molecular flexibility index (Phi) is 4.85. The van der Waals surface area contributed by atoms with Crippen LogP contribution >= 0.6 is 0 Å². The number of rotatable bonds is 3. The molecule has 0 aromatic heterocycles. The molecule has 0 aliphatic rings. The largest absolute Gasteiger partial charge is 0.254 e. The van der Waals surface area contributed by atoms with E-state index in [0.717, 1.165) is 13.0 Å². The Bertz CT molecular complexity index is 17.5. The summed E-state index contributed by atoms with van der Waals surface area (Å²) < 4.78 is 0. The summed E-state index contributed by atoms with van der Waals surface area (Å²) in [6.07, 6.45) is 2.30. The molecule has 6 heavy (non-hydrogen) atoms. The molecule has 0 spiro atoms. The summed E-state index contributed by atoms with van der Waals surface area (Å²) >= 11 is 0. The average molecular weight is 87.1 g/mol. The molecule has 0 unspecified atom stereocenters. The summed E-state index contributed by atoms with van der Waals surface area (Å²) in [7, 11) is 0. The molecule has 0 bridgehead atoms. The highest BCUT2D eigenvalue weighted by atomic mass is 15.2. The van der Waals surface area contributed by atoms with Crippen LogP contribution in [-0.4, -0.2) is 6.54 Å². The normalized spacial score (nSPS) is 9.00. The number of hydrogen-bond donors (Lipinski definition) is 1. The van der Waals surface area contributed by atoms with E-state index in [9.17, 15) is 0 Å². The lowest BCUT2D eigenvalue weighted by molar-refractivity contribution is 0.657. The van der Waals surface area contributed by atoms with Crippen LogP contribution in [0.1, 0.15) is 19.8 Å². The maximum atomic E-state index is 4.84. The molecular formula is C4H11N2. The van der Waals surface area contributed by atoms with Gasteiger partial charge in [-0.1, -0.05) is 13.3 Å². The number of nitrogens with zero attached hydrogens (tertiary/aromatic N) is 1. The molecule has 0 atom stereocenters. The Morgan fingerprint density at radius 3 is 2.50 bits per heavy atom. The number of nitrogens with two attached hydrogens (primary N) is 1. The molecule has 0 saturated heterocycles. The molecule has 0 aromatic carbocycles. The SMILES string of the molecule is CCCC[N]N. The van der Waals surface area contributed by atoms with Crippen molar-refractivity contribution in [1.82, 2.24) is 5.43 Å². The molecule has 2 heteroatoms. The fourth-order valence-corrected chi connectivity index (χ4v) is 0.249. The number of unbranched alkanes of at least 4 members (excludes halogenated alkanes) is 1. The van der Waals surface area contributed by atoms with Crippen molar-refractivity contribution in [2.24, 2.45) is 5.84 Å². The number of hydrogen-bond acceptors (Lipinski definition) is 1. The first-order chi connectivity index (χ1) is 2.91. The Morgan fingerprint density at radius 1 is 1.67 bits per heavy atom. The van der Waals surface area contributed by atoms with Crippen LogP contribution < -0.4 is 11.3 Å². The molecule has 37 valence electrons. The summed E-state index contributed by atoms with van der Waals surface area (Å²) in [5.41, 5.74) is 3.43. The molecule has 0 saturated carbocycles. The fraction of sp³-hybridized carbons (Fsp3) is 1.00. The first-order valence-electron chi connectivity index (χ1n) is 2.28. The van der Waals surface area contributed by atoms with Crippen LogP contribution in [0, 0.1) is 0 Å². The smallest absolute Gasteiger partial charge is 0.0301 e. The van der Waals surface area contributed by atoms with Gasteiger partial charge in [-0.05, 0) is 6.42 Å². The van der Waals surface area contributed by atoms with Crippen molar-refractivity contribution < 1.29 is 0 Å². The van der Waals surface area contributed by atoms with Gasteiger partial charge in [0.15, 0.2) is 0 Å². The summed E-state index contributed by atoms with van der Waals surface area (Å²) in [5.74, 6) is 4.84. The van der Waals surface area contributed by atoms with Gasteiger partial charge in [0, 0.05) is 6.54 Å². The van der Waals surface area contributed by atoms with Gasteiger partial charge >= 0.3 is 0 Å². The van der Waals surface area contributed by atoms with Crippen molar-refractivity contribution in [3.05, 3.63) is 0 Å². The van der Waals surface area contributed by atoms with E-state index in [1.807, 2.05) is 0 Å². The van der Waals surface area contributed by atoms with Gasteiger partial charge < -0.3 is 0 Å². The first kappa shape index (κ1) is 5.92. The average Bonchev–Trinajstić information content (AvgIpc) is 1.61. The van der Waals surface area contributed by atoms with Gasteiger partial charge in [-0.15, -0.1) is 0 Å². The second-order valence-corrected chi connectivity index (χ2v) is 1.26. The predicted molar refractivity (Wildman–Crippen MR) is 26.1 cm³/mol. The molecule has 2 nitrogen and oxygen atoms in total. The minimum atomic E-state index is 0.816. The zero-order chi connectivity index (χ0) is 4.83. The van der Waals surface area contributed by atoms with Crippen molar-refractivity contribution in [3.63, 3.8) is 0 Å². The summed E-state index contributed by atoms with van der Waals surface area (Å²) in [4.78, 5) is 0. The minimum Gasteiger partial charge on any atom is -0.254 e. The van der Waals surface area contributed by atoms with Crippen LogP contribution in [0.3, 0.4) is 0 Å². The van der Waals surface area contributed by atoms with Gasteiger partial charge in [0.2, 0.25) is 0 Å². The van der Waals surface area contributed by atoms with Crippen molar-refractivity contribution in [1.29, 1.82) is 0 Å². The van der Waals surface area contributed by atoms with Gasteiger partial charge in [-0.3, -0.25) is 5.84 Å². The van der Waals surface area contributed by atoms with Gasteiger partial charge in [-0.25, -0.2) is 0 Å². The van der Waals surface area contributed by atoms with E-state index in [0.29, 0.717) is 0 Å². The molecule has 1 radical (unpaired) electrons. The highest BCUT2D eigenvalue weighted by Crippen LogP contribution is 1.79. The van der Waals surface area contributed by atoms with Crippen LogP contribution in [0.4, 0.5) is 0 Å². The molecular weight excluding hydrogens is 76.1 g/mol. The molecule has 2 N–H and O–H groups in total. The van der Waals surface area contributed by atoms with E-state index in [-0.39, 0.29) is 0 Å².